The number of nitrogens with zero attached hydrogens (tertiary/aromatic N) is 1. The lowest BCUT2D eigenvalue weighted by molar-refractivity contribution is -0.156. The third-order valence-electron chi connectivity index (χ3n) is 4.61. The molecule has 1 fully saturated rings. The average Bonchev–Trinajstić information content (AvgIpc) is 2.46. The Morgan fingerprint density at radius 1 is 1.26 bits per heavy atom. The van der Waals surface area contributed by atoms with Crippen LogP contribution in [0, 0.1) is 17.8 Å². The van der Waals surface area contributed by atoms with Crippen LogP contribution in [-0.2, 0) is 16.0 Å². The molecule has 1 aliphatic rings. The fraction of sp³-hybridized carbons (Fsp3) is 0.556. The molecular formula is C18H25NO4. The Morgan fingerprint density at radius 3 is 2.35 bits per heavy atom. The summed E-state index contributed by atoms with van der Waals surface area (Å²) in [5.41, 5.74) is 1.20. The number of carboxylic acids is 1. The van der Waals surface area contributed by atoms with Crippen LogP contribution in [0.1, 0.15) is 25.3 Å². The van der Waals surface area contributed by atoms with E-state index < -0.39 is 11.9 Å². The lowest BCUT2D eigenvalue weighted by Gasteiger charge is -2.35. The second-order valence-electron chi connectivity index (χ2n) is 6.50. The molecule has 0 radical (unpaired) electrons. The number of benzene rings is 1. The Kier molecular flexibility index (Phi) is 5.64. The molecule has 23 heavy (non-hydrogen) atoms. The van der Waals surface area contributed by atoms with Gasteiger partial charge in [0.2, 0.25) is 5.91 Å². The number of carbonyl (C=O) groups is 2. The number of aliphatic carboxylic acids is 1. The molecule has 1 aromatic carbocycles. The smallest absolute Gasteiger partial charge is 0.307 e. The van der Waals surface area contributed by atoms with Gasteiger partial charge in [0.05, 0.1) is 18.9 Å². The van der Waals surface area contributed by atoms with E-state index in [1.54, 1.807) is 19.1 Å². The zero-order chi connectivity index (χ0) is 17.0. The molecule has 0 aliphatic heterocycles. The van der Waals surface area contributed by atoms with Crippen LogP contribution in [-0.4, -0.2) is 42.6 Å². The predicted octanol–water partition coefficient (Wildman–Crippen LogP) is 2.44. The number of rotatable bonds is 7. The minimum Gasteiger partial charge on any atom is -0.497 e. The molecule has 1 N–H and O–H groups in total. The van der Waals surface area contributed by atoms with Gasteiger partial charge in [0.25, 0.3) is 0 Å². The van der Waals surface area contributed by atoms with E-state index >= 15 is 0 Å². The van der Waals surface area contributed by atoms with Crippen LogP contribution in [0.15, 0.2) is 24.3 Å². The van der Waals surface area contributed by atoms with Crippen molar-refractivity contribution in [3.05, 3.63) is 29.8 Å². The average molecular weight is 319 g/mol. The fourth-order valence-corrected chi connectivity index (χ4v) is 3.16. The van der Waals surface area contributed by atoms with Crippen LogP contribution in [0.4, 0.5) is 0 Å². The van der Waals surface area contributed by atoms with E-state index in [2.05, 4.69) is 6.92 Å². The molecule has 0 aromatic heterocycles. The van der Waals surface area contributed by atoms with Crippen molar-refractivity contribution in [2.45, 2.75) is 26.2 Å². The lowest BCUT2D eigenvalue weighted by atomic mass is 9.73. The Labute approximate surface area is 137 Å². The maximum absolute atomic E-state index is 12.4. The molecule has 3 atom stereocenters. The molecule has 126 valence electrons. The quantitative estimate of drug-likeness (QED) is 0.838. The molecule has 0 spiro atoms. The number of amides is 1. The van der Waals surface area contributed by atoms with Crippen molar-refractivity contribution in [3.8, 4) is 5.75 Å². The SMILES string of the molecule is COc1ccc(CC(C)CN(C)C(=O)C2CCC2C(=O)O)cc1. The molecular weight excluding hydrogens is 294 g/mol. The summed E-state index contributed by atoms with van der Waals surface area (Å²) in [6.07, 6.45) is 2.17. The van der Waals surface area contributed by atoms with E-state index in [1.165, 1.54) is 5.56 Å². The number of hydrogen-bond acceptors (Lipinski definition) is 3. The molecule has 0 bridgehead atoms. The van der Waals surface area contributed by atoms with E-state index in [9.17, 15) is 9.59 Å². The van der Waals surface area contributed by atoms with Crippen LogP contribution in [0.5, 0.6) is 5.75 Å². The number of hydrogen-bond donors (Lipinski definition) is 1. The van der Waals surface area contributed by atoms with Gasteiger partial charge >= 0.3 is 5.97 Å². The summed E-state index contributed by atoms with van der Waals surface area (Å²) in [5.74, 6) is -0.592. The Morgan fingerprint density at radius 2 is 1.87 bits per heavy atom. The van der Waals surface area contributed by atoms with E-state index in [0.717, 1.165) is 12.2 Å². The zero-order valence-corrected chi connectivity index (χ0v) is 14.0. The van der Waals surface area contributed by atoms with Crippen molar-refractivity contribution in [1.82, 2.24) is 4.90 Å². The molecule has 0 saturated heterocycles. The van der Waals surface area contributed by atoms with E-state index in [4.69, 9.17) is 9.84 Å². The third kappa shape index (κ3) is 4.24. The first kappa shape index (κ1) is 17.3. The van der Waals surface area contributed by atoms with Gasteiger partial charge in [-0.2, -0.15) is 0 Å². The largest absolute Gasteiger partial charge is 0.497 e. The van der Waals surface area contributed by atoms with Crippen LogP contribution < -0.4 is 4.74 Å². The van der Waals surface area contributed by atoms with Crippen LogP contribution in [0.25, 0.3) is 0 Å². The van der Waals surface area contributed by atoms with Crippen molar-refractivity contribution in [3.63, 3.8) is 0 Å². The van der Waals surface area contributed by atoms with Gasteiger partial charge < -0.3 is 14.7 Å². The minimum absolute atomic E-state index is 0.0368. The molecule has 0 heterocycles. The van der Waals surface area contributed by atoms with Gasteiger partial charge in [-0.15, -0.1) is 0 Å². The highest BCUT2D eigenvalue weighted by atomic mass is 16.5. The Bertz CT molecular complexity index is 555. The standard InChI is InChI=1S/C18H25NO4/c1-12(10-13-4-6-14(23-3)7-5-13)11-19(2)17(20)15-8-9-16(15)18(21)22/h4-7,12,15-16H,8-11H2,1-3H3,(H,21,22). The van der Waals surface area contributed by atoms with Gasteiger partial charge in [-0.3, -0.25) is 9.59 Å². The highest BCUT2D eigenvalue weighted by molar-refractivity contribution is 5.86. The van der Waals surface area contributed by atoms with Crippen LogP contribution >= 0.6 is 0 Å². The second-order valence-corrected chi connectivity index (χ2v) is 6.50. The van der Waals surface area contributed by atoms with Gasteiger partial charge in [-0.1, -0.05) is 19.1 Å². The summed E-state index contributed by atoms with van der Waals surface area (Å²) < 4.78 is 5.14. The molecule has 1 saturated carbocycles. The monoisotopic (exact) mass is 319 g/mol. The van der Waals surface area contributed by atoms with Gasteiger partial charge in [-0.25, -0.2) is 0 Å². The van der Waals surface area contributed by atoms with E-state index in [0.29, 0.717) is 25.3 Å². The number of carbonyl (C=O) groups excluding carboxylic acids is 1. The number of methoxy groups -OCH3 is 1. The van der Waals surface area contributed by atoms with Crippen molar-refractivity contribution in [2.75, 3.05) is 20.7 Å². The molecule has 3 unspecified atom stereocenters. The van der Waals surface area contributed by atoms with Crippen molar-refractivity contribution < 1.29 is 19.4 Å². The first-order chi connectivity index (χ1) is 10.9. The lowest BCUT2D eigenvalue weighted by Crippen LogP contribution is -2.45. The molecule has 1 amide bonds. The molecule has 5 nitrogen and oxygen atoms in total. The maximum atomic E-state index is 12.4. The van der Waals surface area contributed by atoms with Crippen molar-refractivity contribution >= 4 is 11.9 Å². The third-order valence-corrected chi connectivity index (χ3v) is 4.61. The first-order valence-electron chi connectivity index (χ1n) is 8.03. The summed E-state index contributed by atoms with van der Waals surface area (Å²) >= 11 is 0. The van der Waals surface area contributed by atoms with E-state index in [1.807, 2.05) is 24.3 Å². The molecule has 1 aromatic rings. The number of ether oxygens (including phenoxy) is 1. The topological polar surface area (TPSA) is 66.8 Å². The Hall–Kier alpha value is -2.04. The summed E-state index contributed by atoms with van der Waals surface area (Å²) in [7, 11) is 3.41. The molecule has 5 heteroatoms. The fourth-order valence-electron chi connectivity index (χ4n) is 3.16. The Balaban J connectivity index is 1.85. The van der Waals surface area contributed by atoms with Gasteiger partial charge in [-0.05, 0) is 42.9 Å². The minimum atomic E-state index is -0.853. The van der Waals surface area contributed by atoms with Gasteiger partial charge in [0, 0.05) is 13.6 Å². The molecule has 1 aliphatic carbocycles. The summed E-state index contributed by atoms with van der Waals surface area (Å²) in [6, 6.07) is 7.93. The van der Waals surface area contributed by atoms with E-state index in [-0.39, 0.29) is 11.8 Å². The maximum Gasteiger partial charge on any atom is 0.307 e. The number of carboxylic acid groups (broad SMARTS) is 1. The first-order valence-corrected chi connectivity index (χ1v) is 8.03. The highest BCUT2D eigenvalue weighted by Gasteiger charge is 2.42. The van der Waals surface area contributed by atoms with Crippen molar-refractivity contribution in [2.24, 2.45) is 17.8 Å². The summed E-state index contributed by atoms with van der Waals surface area (Å²) in [5, 5.41) is 9.07. The highest BCUT2D eigenvalue weighted by Crippen LogP contribution is 2.35. The second kappa shape index (κ2) is 7.49. The predicted molar refractivity (Wildman–Crippen MR) is 87.3 cm³/mol. The van der Waals surface area contributed by atoms with Crippen LogP contribution in [0.2, 0.25) is 0 Å². The summed E-state index contributed by atoms with van der Waals surface area (Å²) in [4.78, 5) is 25.1. The zero-order valence-electron chi connectivity index (χ0n) is 14.0. The summed E-state index contributed by atoms with van der Waals surface area (Å²) in [6.45, 7) is 2.73. The normalized spacial score (nSPS) is 21.2. The van der Waals surface area contributed by atoms with Crippen molar-refractivity contribution in [1.29, 1.82) is 0 Å². The van der Waals surface area contributed by atoms with Gasteiger partial charge in [0.1, 0.15) is 5.75 Å². The van der Waals surface area contributed by atoms with Gasteiger partial charge in [0.15, 0.2) is 0 Å². The molecule has 2 rings (SSSR count). The van der Waals surface area contributed by atoms with Crippen LogP contribution in [0.3, 0.4) is 0 Å².